The Kier molecular flexibility index (Phi) is 4.70. The maximum absolute atomic E-state index is 13.7. The van der Waals surface area contributed by atoms with E-state index in [-0.39, 0.29) is 12.2 Å². The number of benzene rings is 2. The third-order valence-electron chi connectivity index (χ3n) is 2.85. The smallest absolute Gasteiger partial charge is 0.150 e. The molecule has 0 aromatic heterocycles. The first-order valence-electron chi connectivity index (χ1n) is 5.95. The maximum Gasteiger partial charge on any atom is 0.150 e. The van der Waals surface area contributed by atoms with Crippen molar-refractivity contribution in [3.05, 3.63) is 64.1 Å². The van der Waals surface area contributed by atoms with Crippen molar-refractivity contribution in [1.29, 1.82) is 5.26 Å². The summed E-state index contributed by atoms with van der Waals surface area (Å²) >= 11 is 3.02. The van der Waals surface area contributed by atoms with Crippen molar-refractivity contribution in [3.63, 3.8) is 0 Å². The summed E-state index contributed by atoms with van der Waals surface area (Å²) in [6.45, 7) is 0.135. The number of halogens is 3. The summed E-state index contributed by atoms with van der Waals surface area (Å²) in [5.41, 5.74) is 0.588. The molecule has 0 heterocycles. The van der Waals surface area contributed by atoms with Crippen molar-refractivity contribution in [2.24, 2.45) is 0 Å². The maximum atomic E-state index is 13.7. The Morgan fingerprint density at radius 1 is 1.15 bits per heavy atom. The van der Waals surface area contributed by atoms with Crippen molar-refractivity contribution in [1.82, 2.24) is 0 Å². The number of anilines is 1. The normalized spacial score (nSPS) is 11.7. The lowest BCUT2D eigenvalue weighted by Crippen LogP contribution is -2.13. The lowest BCUT2D eigenvalue weighted by molar-refractivity contribution is 0.586. The monoisotopic (exact) mass is 336 g/mol. The zero-order valence-corrected chi connectivity index (χ0v) is 12.0. The van der Waals surface area contributed by atoms with E-state index in [1.54, 1.807) is 0 Å². The van der Waals surface area contributed by atoms with Crippen LogP contribution < -0.4 is 5.32 Å². The second-order valence-corrected chi connectivity index (χ2v) is 5.13. The van der Waals surface area contributed by atoms with E-state index in [9.17, 15) is 8.78 Å². The lowest BCUT2D eigenvalue weighted by atomic mass is 10.0. The van der Waals surface area contributed by atoms with Gasteiger partial charge in [-0.2, -0.15) is 5.26 Å². The fourth-order valence-corrected chi connectivity index (χ4v) is 2.24. The molecule has 1 unspecified atom stereocenters. The molecule has 2 aromatic rings. The number of hydrogen-bond acceptors (Lipinski definition) is 2. The fraction of sp³-hybridized carbons (Fsp3) is 0.133. The van der Waals surface area contributed by atoms with Gasteiger partial charge in [-0.05, 0) is 17.7 Å². The molecule has 0 saturated carbocycles. The van der Waals surface area contributed by atoms with E-state index in [4.69, 9.17) is 5.26 Å². The summed E-state index contributed by atoms with van der Waals surface area (Å²) in [5, 5.41) is 11.8. The average molecular weight is 337 g/mol. The molecule has 2 aromatic carbocycles. The zero-order chi connectivity index (χ0) is 14.5. The van der Waals surface area contributed by atoms with Gasteiger partial charge in [-0.15, -0.1) is 0 Å². The highest BCUT2D eigenvalue weighted by Gasteiger charge is 2.14. The first-order valence-corrected chi connectivity index (χ1v) is 6.74. The zero-order valence-electron chi connectivity index (χ0n) is 10.4. The molecule has 1 atom stereocenters. The standard InChI is InChI=1S/C15H11BrF2N2/c16-12-6-13(17)15(14(18)7-12)20-9-11(8-19)10-4-2-1-3-5-10/h1-7,11,20H,9H2. The van der Waals surface area contributed by atoms with Gasteiger partial charge < -0.3 is 5.32 Å². The predicted molar refractivity (Wildman–Crippen MR) is 77.3 cm³/mol. The van der Waals surface area contributed by atoms with E-state index in [1.807, 2.05) is 30.3 Å². The molecule has 0 fully saturated rings. The molecular formula is C15H11BrF2N2. The molecule has 5 heteroatoms. The number of nitrogens with zero attached hydrogens (tertiary/aromatic N) is 1. The van der Waals surface area contributed by atoms with Crippen LogP contribution in [0.1, 0.15) is 11.5 Å². The molecule has 0 aliphatic heterocycles. The van der Waals surface area contributed by atoms with Gasteiger partial charge in [-0.25, -0.2) is 8.78 Å². The molecule has 0 bridgehead atoms. The van der Waals surface area contributed by atoms with Crippen LogP contribution in [-0.4, -0.2) is 6.54 Å². The third-order valence-corrected chi connectivity index (χ3v) is 3.31. The fourth-order valence-electron chi connectivity index (χ4n) is 1.84. The number of nitrogens with one attached hydrogen (secondary N) is 1. The van der Waals surface area contributed by atoms with E-state index < -0.39 is 17.6 Å². The first-order chi connectivity index (χ1) is 9.61. The van der Waals surface area contributed by atoms with Gasteiger partial charge in [-0.3, -0.25) is 0 Å². The molecule has 0 aliphatic rings. The second-order valence-electron chi connectivity index (χ2n) is 4.22. The summed E-state index contributed by atoms with van der Waals surface area (Å²) in [5.74, 6) is -1.86. The molecular weight excluding hydrogens is 326 g/mol. The minimum absolute atomic E-state index is 0.135. The Labute approximate surface area is 124 Å². The number of hydrogen-bond donors (Lipinski definition) is 1. The highest BCUT2D eigenvalue weighted by atomic mass is 79.9. The summed E-state index contributed by atoms with van der Waals surface area (Å²) < 4.78 is 27.6. The minimum atomic E-state index is -0.693. The average Bonchev–Trinajstić information content (AvgIpc) is 2.43. The third kappa shape index (κ3) is 3.34. The van der Waals surface area contributed by atoms with Gasteiger partial charge in [0.05, 0.1) is 12.0 Å². The van der Waals surface area contributed by atoms with Gasteiger partial charge in [0.15, 0.2) is 0 Å². The minimum Gasteiger partial charge on any atom is -0.379 e. The number of nitriles is 1. The molecule has 2 nitrogen and oxygen atoms in total. The Hall–Kier alpha value is -1.93. The molecule has 0 amide bonds. The van der Waals surface area contributed by atoms with Gasteiger partial charge in [0.2, 0.25) is 0 Å². The molecule has 20 heavy (non-hydrogen) atoms. The summed E-state index contributed by atoms with van der Waals surface area (Å²) in [6, 6.07) is 13.6. The molecule has 1 N–H and O–H groups in total. The van der Waals surface area contributed by atoms with Gasteiger partial charge in [-0.1, -0.05) is 46.3 Å². The van der Waals surface area contributed by atoms with Crippen LogP contribution in [0.25, 0.3) is 0 Å². The van der Waals surface area contributed by atoms with Crippen LogP contribution in [0, 0.1) is 23.0 Å². The molecule has 102 valence electrons. The Morgan fingerprint density at radius 3 is 2.30 bits per heavy atom. The van der Waals surface area contributed by atoms with E-state index in [0.717, 1.165) is 5.56 Å². The van der Waals surface area contributed by atoms with E-state index >= 15 is 0 Å². The Morgan fingerprint density at radius 2 is 1.75 bits per heavy atom. The summed E-state index contributed by atoms with van der Waals surface area (Å²) in [7, 11) is 0. The van der Waals surface area contributed by atoms with Crippen molar-refractivity contribution in [3.8, 4) is 6.07 Å². The molecule has 0 radical (unpaired) electrons. The van der Waals surface area contributed by atoms with Crippen LogP contribution in [0.5, 0.6) is 0 Å². The van der Waals surface area contributed by atoms with Crippen LogP contribution >= 0.6 is 15.9 Å². The van der Waals surface area contributed by atoms with Crippen molar-refractivity contribution in [2.45, 2.75) is 5.92 Å². The number of rotatable bonds is 4. The highest BCUT2D eigenvalue weighted by Crippen LogP contribution is 2.25. The van der Waals surface area contributed by atoms with Crippen LogP contribution in [0.2, 0.25) is 0 Å². The topological polar surface area (TPSA) is 35.8 Å². The van der Waals surface area contributed by atoms with Crippen molar-refractivity contribution >= 4 is 21.6 Å². The van der Waals surface area contributed by atoms with Crippen molar-refractivity contribution in [2.75, 3.05) is 11.9 Å². The van der Waals surface area contributed by atoms with Crippen LogP contribution in [-0.2, 0) is 0 Å². The quantitative estimate of drug-likeness (QED) is 0.895. The van der Waals surface area contributed by atoms with E-state index in [1.165, 1.54) is 12.1 Å². The molecule has 2 rings (SSSR count). The van der Waals surface area contributed by atoms with Gasteiger partial charge in [0.1, 0.15) is 17.3 Å². The predicted octanol–water partition coefficient (Wildman–Crippen LogP) is 4.45. The Balaban J connectivity index is 2.14. The summed E-state index contributed by atoms with van der Waals surface area (Å²) in [6.07, 6.45) is 0. The second kappa shape index (κ2) is 6.49. The largest absolute Gasteiger partial charge is 0.379 e. The molecule has 0 aliphatic carbocycles. The van der Waals surface area contributed by atoms with Crippen LogP contribution in [0.3, 0.4) is 0 Å². The first kappa shape index (κ1) is 14.5. The van der Waals surface area contributed by atoms with Crippen molar-refractivity contribution < 1.29 is 8.78 Å². The molecule has 0 spiro atoms. The van der Waals surface area contributed by atoms with E-state index in [0.29, 0.717) is 4.47 Å². The van der Waals surface area contributed by atoms with Gasteiger partial charge >= 0.3 is 0 Å². The lowest BCUT2D eigenvalue weighted by Gasteiger charge is -2.13. The van der Waals surface area contributed by atoms with Crippen LogP contribution in [0.15, 0.2) is 46.9 Å². The van der Waals surface area contributed by atoms with Crippen LogP contribution in [0.4, 0.5) is 14.5 Å². The summed E-state index contributed by atoms with van der Waals surface area (Å²) in [4.78, 5) is 0. The van der Waals surface area contributed by atoms with E-state index in [2.05, 4.69) is 27.3 Å². The van der Waals surface area contributed by atoms with Gasteiger partial charge in [0.25, 0.3) is 0 Å². The Bertz CT molecular complexity index is 615. The molecule has 0 saturated heterocycles. The van der Waals surface area contributed by atoms with Gasteiger partial charge in [0, 0.05) is 11.0 Å². The highest BCUT2D eigenvalue weighted by molar-refractivity contribution is 9.10. The SMILES string of the molecule is N#CC(CNc1c(F)cc(Br)cc1F)c1ccccc1.